The largest absolute Gasteiger partial charge is 0.313 e. The summed E-state index contributed by atoms with van der Waals surface area (Å²) in [7, 11) is -1.15. The topological polar surface area (TPSA) is 29.1 Å². The number of hydrogen-bond acceptors (Lipinski definition) is 2. The third-order valence-corrected chi connectivity index (χ3v) is 6.00. The van der Waals surface area contributed by atoms with Crippen LogP contribution in [0, 0.1) is 11.7 Å². The van der Waals surface area contributed by atoms with Crippen LogP contribution < -0.4 is 5.32 Å². The fraction of sp³-hybridized carbons (Fsp3) is 0.600. The summed E-state index contributed by atoms with van der Waals surface area (Å²) >= 11 is 5.80. The summed E-state index contributed by atoms with van der Waals surface area (Å²) in [5.41, 5.74) is 0. The molecule has 1 saturated carbocycles. The second-order valence-corrected chi connectivity index (χ2v) is 7.57. The molecule has 0 saturated heterocycles. The van der Waals surface area contributed by atoms with Crippen molar-refractivity contribution in [2.75, 3.05) is 6.54 Å². The van der Waals surface area contributed by atoms with Crippen LogP contribution >= 0.6 is 11.6 Å². The summed E-state index contributed by atoms with van der Waals surface area (Å²) in [4.78, 5) is 0.624. The molecule has 1 N–H and O–H groups in total. The highest BCUT2D eigenvalue weighted by Gasteiger charge is 2.33. The maximum absolute atomic E-state index is 13.2. The van der Waals surface area contributed by atoms with Crippen molar-refractivity contribution in [1.82, 2.24) is 5.32 Å². The average molecular weight is 318 g/mol. The Hall–Kier alpha value is -0.450. The SMILES string of the molecule is CCNC1CCC(C)CC1S(=O)c1ccc(F)c(Cl)c1. The second kappa shape index (κ2) is 7.01. The molecule has 0 aromatic heterocycles. The van der Waals surface area contributed by atoms with E-state index in [0.717, 1.165) is 25.8 Å². The van der Waals surface area contributed by atoms with Crippen LogP contribution in [0.25, 0.3) is 0 Å². The van der Waals surface area contributed by atoms with Crippen LogP contribution in [0.2, 0.25) is 5.02 Å². The maximum atomic E-state index is 13.2. The lowest BCUT2D eigenvalue weighted by Crippen LogP contribution is -2.45. The Morgan fingerprint density at radius 1 is 1.45 bits per heavy atom. The second-order valence-electron chi connectivity index (χ2n) is 5.49. The van der Waals surface area contributed by atoms with E-state index in [-0.39, 0.29) is 16.3 Å². The lowest BCUT2D eigenvalue weighted by Gasteiger charge is -2.34. The molecule has 20 heavy (non-hydrogen) atoms. The smallest absolute Gasteiger partial charge is 0.141 e. The first kappa shape index (κ1) is 15.9. The zero-order valence-corrected chi connectivity index (χ0v) is 13.4. The molecule has 0 bridgehead atoms. The maximum Gasteiger partial charge on any atom is 0.141 e. The van der Waals surface area contributed by atoms with Crippen molar-refractivity contribution in [3.8, 4) is 0 Å². The number of rotatable bonds is 4. The fourth-order valence-electron chi connectivity index (χ4n) is 2.84. The van der Waals surface area contributed by atoms with Crippen molar-refractivity contribution >= 4 is 22.4 Å². The Balaban J connectivity index is 2.21. The van der Waals surface area contributed by atoms with Gasteiger partial charge in [-0.25, -0.2) is 4.39 Å². The van der Waals surface area contributed by atoms with Gasteiger partial charge in [-0.2, -0.15) is 0 Å². The lowest BCUT2D eigenvalue weighted by molar-refractivity contribution is 0.316. The first-order valence-electron chi connectivity index (χ1n) is 7.12. The molecule has 1 aromatic carbocycles. The normalized spacial score (nSPS) is 28.3. The minimum absolute atomic E-state index is 0.0414. The Kier molecular flexibility index (Phi) is 5.58. The van der Waals surface area contributed by atoms with E-state index in [9.17, 15) is 8.60 Å². The van der Waals surface area contributed by atoms with Gasteiger partial charge in [0.25, 0.3) is 0 Å². The summed E-state index contributed by atoms with van der Waals surface area (Å²) in [6, 6.07) is 4.64. The summed E-state index contributed by atoms with van der Waals surface area (Å²) in [6.45, 7) is 5.13. The van der Waals surface area contributed by atoms with E-state index in [1.165, 1.54) is 12.1 Å². The quantitative estimate of drug-likeness (QED) is 0.916. The van der Waals surface area contributed by atoms with E-state index in [2.05, 4.69) is 19.2 Å². The van der Waals surface area contributed by atoms with Gasteiger partial charge < -0.3 is 5.32 Å². The summed E-state index contributed by atoms with van der Waals surface area (Å²) in [6.07, 6.45) is 3.13. The Bertz CT molecular complexity index is 497. The first-order valence-corrected chi connectivity index (χ1v) is 8.71. The predicted octanol–water partition coefficient (Wildman–Crippen LogP) is 3.75. The van der Waals surface area contributed by atoms with Gasteiger partial charge in [-0.15, -0.1) is 0 Å². The van der Waals surface area contributed by atoms with Crippen molar-refractivity contribution in [3.05, 3.63) is 29.0 Å². The molecule has 1 aromatic rings. The molecule has 0 aliphatic heterocycles. The van der Waals surface area contributed by atoms with E-state index < -0.39 is 16.6 Å². The van der Waals surface area contributed by atoms with Gasteiger partial charge in [0.1, 0.15) is 5.82 Å². The van der Waals surface area contributed by atoms with Crippen molar-refractivity contribution < 1.29 is 8.60 Å². The minimum atomic E-state index is -1.15. The van der Waals surface area contributed by atoms with Crippen molar-refractivity contribution in [2.45, 2.75) is 49.3 Å². The Morgan fingerprint density at radius 2 is 2.20 bits per heavy atom. The van der Waals surface area contributed by atoms with Gasteiger partial charge in [-0.1, -0.05) is 25.4 Å². The molecule has 2 nitrogen and oxygen atoms in total. The molecule has 0 radical (unpaired) electrons. The Morgan fingerprint density at radius 3 is 2.85 bits per heavy atom. The van der Waals surface area contributed by atoms with Crippen LogP contribution in [-0.4, -0.2) is 22.0 Å². The van der Waals surface area contributed by atoms with Gasteiger partial charge in [-0.3, -0.25) is 4.21 Å². The zero-order chi connectivity index (χ0) is 14.7. The molecule has 0 amide bonds. The third-order valence-electron chi connectivity index (χ3n) is 3.92. The highest BCUT2D eigenvalue weighted by atomic mass is 35.5. The van der Waals surface area contributed by atoms with Crippen LogP contribution in [0.5, 0.6) is 0 Å². The van der Waals surface area contributed by atoms with Crippen LogP contribution in [0.1, 0.15) is 33.1 Å². The zero-order valence-electron chi connectivity index (χ0n) is 11.9. The number of halogens is 2. The summed E-state index contributed by atoms with van der Waals surface area (Å²) in [5.74, 6) is 0.113. The predicted molar refractivity (Wildman–Crippen MR) is 82.1 cm³/mol. The molecule has 1 fully saturated rings. The van der Waals surface area contributed by atoms with Gasteiger partial charge in [0.2, 0.25) is 0 Å². The molecule has 5 heteroatoms. The molecule has 2 rings (SSSR count). The van der Waals surface area contributed by atoms with Gasteiger partial charge >= 0.3 is 0 Å². The number of hydrogen-bond donors (Lipinski definition) is 1. The monoisotopic (exact) mass is 317 g/mol. The molecule has 112 valence electrons. The van der Waals surface area contributed by atoms with Crippen molar-refractivity contribution in [2.24, 2.45) is 5.92 Å². The summed E-state index contributed by atoms with van der Waals surface area (Å²) in [5, 5.41) is 3.54. The molecular weight excluding hydrogens is 297 g/mol. The first-order chi connectivity index (χ1) is 9.52. The highest BCUT2D eigenvalue weighted by Crippen LogP contribution is 2.31. The van der Waals surface area contributed by atoms with Crippen molar-refractivity contribution in [3.63, 3.8) is 0 Å². The van der Waals surface area contributed by atoms with E-state index >= 15 is 0 Å². The molecule has 4 atom stereocenters. The van der Waals surface area contributed by atoms with Gasteiger partial charge in [-0.05, 0) is 49.9 Å². The highest BCUT2D eigenvalue weighted by molar-refractivity contribution is 7.85. The molecule has 4 unspecified atom stereocenters. The van der Waals surface area contributed by atoms with Crippen LogP contribution in [0.4, 0.5) is 4.39 Å². The van der Waals surface area contributed by atoms with E-state index in [1.807, 2.05) is 0 Å². The van der Waals surface area contributed by atoms with E-state index in [1.54, 1.807) is 6.07 Å². The standard InChI is InChI=1S/C15H21ClFNOS/c1-3-18-14-7-4-10(2)8-15(14)20(19)11-5-6-13(17)12(16)9-11/h5-6,9-10,14-15,18H,3-4,7-8H2,1-2H3. The summed E-state index contributed by atoms with van der Waals surface area (Å²) < 4.78 is 26.0. The fourth-order valence-corrected chi connectivity index (χ4v) is 4.90. The lowest BCUT2D eigenvalue weighted by atomic mass is 9.87. The molecule has 1 aliphatic rings. The molecule has 0 heterocycles. The van der Waals surface area contributed by atoms with Crippen molar-refractivity contribution in [1.29, 1.82) is 0 Å². The third kappa shape index (κ3) is 3.60. The minimum Gasteiger partial charge on any atom is -0.313 e. The van der Waals surface area contributed by atoms with E-state index in [0.29, 0.717) is 10.8 Å². The molecule has 1 aliphatic carbocycles. The molecular formula is C15H21ClFNOS. The van der Waals surface area contributed by atoms with E-state index in [4.69, 9.17) is 11.6 Å². The Labute approximate surface area is 127 Å². The number of benzene rings is 1. The van der Waals surface area contributed by atoms with Gasteiger partial charge in [0.15, 0.2) is 0 Å². The van der Waals surface area contributed by atoms with Gasteiger partial charge in [0, 0.05) is 10.9 Å². The number of nitrogens with one attached hydrogen (secondary N) is 1. The van der Waals surface area contributed by atoms with Crippen LogP contribution in [-0.2, 0) is 10.8 Å². The average Bonchev–Trinajstić information content (AvgIpc) is 2.43. The molecule has 0 spiro atoms. The van der Waals surface area contributed by atoms with Gasteiger partial charge in [0.05, 0.1) is 21.1 Å². The van der Waals surface area contributed by atoms with Crippen LogP contribution in [0.15, 0.2) is 23.1 Å². The van der Waals surface area contributed by atoms with Crippen LogP contribution in [0.3, 0.4) is 0 Å².